The van der Waals surface area contributed by atoms with Crippen LogP contribution in [0.4, 0.5) is 0 Å². The van der Waals surface area contributed by atoms with Crippen molar-refractivity contribution in [3.05, 3.63) is 106 Å². The molecule has 0 aliphatic heterocycles. The summed E-state index contributed by atoms with van der Waals surface area (Å²) >= 11 is 0. The van der Waals surface area contributed by atoms with E-state index in [0.29, 0.717) is 12.8 Å². The van der Waals surface area contributed by atoms with Gasteiger partial charge in [0.25, 0.3) is 20.1 Å². The Labute approximate surface area is 273 Å². The van der Waals surface area contributed by atoms with E-state index in [-0.39, 0.29) is 46.6 Å². The third-order valence-corrected chi connectivity index (χ3v) is 9.81. The summed E-state index contributed by atoms with van der Waals surface area (Å²) in [5.41, 5.74) is -4.90. The maximum absolute atomic E-state index is 13.8. The average Bonchev–Trinajstić information content (AvgIpc) is 3.06. The number of phenols is 2. The zero-order valence-electron chi connectivity index (χ0n) is 26.2. The van der Waals surface area contributed by atoms with Gasteiger partial charge in [-0.3, -0.25) is 19.2 Å². The molecule has 4 N–H and O–H groups in total. The Morgan fingerprint density at radius 3 is 1.30 bits per heavy atom. The lowest BCUT2D eigenvalue weighted by molar-refractivity contribution is -0.111. The maximum atomic E-state index is 13.8. The Morgan fingerprint density at radius 2 is 0.979 bits per heavy atom. The fraction of sp³-hybridized carbons (Fsp3) is 0.333. The van der Waals surface area contributed by atoms with Crippen molar-refractivity contribution in [1.29, 1.82) is 0 Å². The molecule has 10 nitrogen and oxygen atoms in total. The molecule has 0 aromatic heterocycles. The summed E-state index contributed by atoms with van der Waals surface area (Å²) in [7, 11) is -5.40. The van der Waals surface area contributed by atoms with Crippen LogP contribution < -0.4 is 0 Å². The van der Waals surface area contributed by atoms with Gasteiger partial charge in [-0.2, -0.15) is 0 Å². The van der Waals surface area contributed by atoms with E-state index in [4.69, 9.17) is 0 Å². The fourth-order valence-electron chi connectivity index (χ4n) is 5.64. The van der Waals surface area contributed by atoms with E-state index < -0.39 is 66.8 Å². The van der Waals surface area contributed by atoms with Gasteiger partial charge < -0.3 is 20.4 Å². The third kappa shape index (κ3) is 7.75. The molecule has 47 heavy (non-hydrogen) atoms. The maximum Gasteiger partial charge on any atom is 0.285 e. The number of phenolic OH excluding ortho intramolecular Hbond substituents is 2. The van der Waals surface area contributed by atoms with Gasteiger partial charge in [0.15, 0.2) is 11.6 Å². The first-order chi connectivity index (χ1) is 22.1. The van der Waals surface area contributed by atoms with Crippen molar-refractivity contribution >= 4 is 31.6 Å². The minimum absolute atomic E-state index is 0.0195. The highest BCUT2D eigenvalue weighted by Gasteiger charge is 2.43. The van der Waals surface area contributed by atoms with Crippen LogP contribution in [0.1, 0.15) is 85.9 Å². The highest BCUT2D eigenvalue weighted by atomic mass is 32.2. The molecule has 2 aliphatic rings. The second kappa shape index (κ2) is 14.1. The van der Waals surface area contributed by atoms with E-state index in [1.807, 2.05) is 13.8 Å². The Kier molecular flexibility index (Phi) is 10.6. The Bertz CT molecular complexity index is 1680. The molecular weight excluding hydrogens is 624 g/mol. The summed E-state index contributed by atoms with van der Waals surface area (Å²) in [6, 6.07) is 10.1. The second-order valence-electron chi connectivity index (χ2n) is 12.0. The van der Waals surface area contributed by atoms with Crippen molar-refractivity contribution in [3.63, 3.8) is 0 Å². The predicted octanol–water partition coefficient (Wildman–Crippen LogP) is 4.99. The number of rotatable bonds is 12. The number of ketones is 2. The molecule has 0 heterocycles. The molecule has 4 rings (SSSR count). The van der Waals surface area contributed by atoms with Gasteiger partial charge in [0.1, 0.15) is 11.5 Å². The lowest BCUT2D eigenvalue weighted by Gasteiger charge is -2.30. The number of aromatic hydroxyl groups is 2. The van der Waals surface area contributed by atoms with Crippen LogP contribution in [-0.2, 0) is 19.4 Å². The number of hydrogen-bond donors (Lipinski definition) is 4. The molecule has 248 valence electrons. The Hall–Kier alpha value is -4.45. The van der Waals surface area contributed by atoms with Crippen molar-refractivity contribution in [2.24, 2.45) is 0 Å². The number of carbonyl (C=O) groups is 4. The predicted molar refractivity (Wildman–Crippen MR) is 174 cm³/mol. The first-order valence-corrected chi connectivity index (χ1v) is 16.9. The van der Waals surface area contributed by atoms with Crippen molar-refractivity contribution in [3.8, 4) is 11.5 Å². The molecule has 0 saturated heterocycles. The van der Waals surface area contributed by atoms with Gasteiger partial charge in [-0.05, 0) is 61.4 Å². The number of allylic oxidation sites excluding steroid dienone is 2. The van der Waals surface area contributed by atoms with E-state index in [9.17, 15) is 48.0 Å². The monoisotopic (exact) mass is 662 g/mol. The summed E-state index contributed by atoms with van der Waals surface area (Å²) in [5.74, 6) is -1.79. The number of sulfone groups is 1. The Morgan fingerprint density at radius 1 is 0.638 bits per heavy atom. The molecule has 2 atom stereocenters. The normalized spacial score (nSPS) is 21.2. The number of Topliss-reactive ketones (excluding diaryl/α,β-unsaturated/α-hetero) is 2. The van der Waals surface area contributed by atoms with Gasteiger partial charge >= 0.3 is 0 Å². The lowest BCUT2D eigenvalue weighted by atomic mass is 9.80. The number of unbranched alkanes of at least 4 members (excludes halogenated alkanes) is 2. The zero-order chi connectivity index (χ0) is 34.6. The van der Waals surface area contributed by atoms with E-state index in [1.54, 1.807) is 0 Å². The largest absolute Gasteiger partial charge is 0.508 e. The highest BCUT2D eigenvalue weighted by Crippen LogP contribution is 2.37. The van der Waals surface area contributed by atoms with Crippen LogP contribution in [0.2, 0.25) is 0 Å². The van der Waals surface area contributed by atoms with Gasteiger partial charge in [0.2, 0.25) is 0 Å². The number of aliphatic hydroxyl groups is 2. The molecular formula is C36H38O10S. The molecule has 2 unspecified atom stereocenters. The van der Waals surface area contributed by atoms with Gasteiger partial charge in [-0.25, -0.2) is 8.42 Å². The zero-order valence-corrected chi connectivity index (χ0v) is 27.0. The number of benzene rings is 2. The van der Waals surface area contributed by atoms with Crippen LogP contribution in [0.25, 0.3) is 0 Å². The summed E-state index contributed by atoms with van der Waals surface area (Å²) < 4.78 is 27.5. The smallest absolute Gasteiger partial charge is 0.285 e. The number of hydrogen-bond acceptors (Lipinski definition) is 10. The first-order valence-electron chi connectivity index (χ1n) is 15.5. The van der Waals surface area contributed by atoms with Gasteiger partial charge in [0.05, 0.1) is 11.2 Å². The molecule has 2 aromatic rings. The van der Waals surface area contributed by atoms with Crippen molar-refractivity contribution in [1.82, 2.24) is 0 Å². The van der Waals surface area contributed by atoms with E-state index in [0.717, 1.165) is 25.0 Å². The molecule has 0 fully saturated rings. The second-order valence-corrected chi connectivity index (χ2v) is 13.8. The molecule has 0 spiro atoms. The quantitative estimate of drug-likeness (QED) is 0.226. The van der Waals surface area contributed by atoms with E-state index >= 15 is 0 Å². The molecule has 2 aromatic carbocycles. The topological polar surface area (TPSA) is 183 Å². The lowest BCUT2D eigenvalue weighted by Crippen LogP contribution is -2.36. The summed E-state index contributed by atoms with van der Waals surface area (Å²) in [6.45, 7) is 3.81. The molecule has 0 radical (unpaired) electrons. The summed E-state index contributed by atoms with van der Waals surface area (Å²) in [4.78, 5) is 54.8. The Balaban J connectivity index is 1.80. The molecule has 0 bridgehead atoms. The molecule has 2 aliphatic carbocycles. The molecule has 0 saturated carbocycles. The van der Waals surface area contributed by atoms with Crippen LogP contribution in [0.15, 0.2) is 95.1 Å². The molecule has 11 heteroatoms. The van der Waals surface area contributed by atoms with Crippen LogP contribution in [0.3, 0.4) is 0 Å². The van der Waals surface area contributed by atoms with Crippen LogP contribution in [0.5, 0.6) is 11.5 Å². The standard InChI is InChI=1S/C36H38O10S/c1-3-5-17-35(43)19-15-27(29(21-35)31(39)23-7-11-25(37)12-8-23)33(41)47(45,46)34(42)28-16-20-36(44,18-6-4-2)22-30(28)32(40)24-9-13-26(38)14-10-24/h7-16,19-20,37-38,43-44H,3-6,17-18,21-22H2,1-2H3. The summed E-state index contributed by atoms with van der Waals surface area (Å²) in [5, 5.41) is 38.4. The third-order valence-electron chi connectivity index (χ3n) is 8.40. The van der Waals surface area contributed by atoms with Crippen molar-refractivity contribution in [2.45, 2.75) is 76.4 Å². The van der Waals surface area contributed by atoms with E-state index in [2.05, 4.69) is 0 Å². The van der Waals surface area contributed by atoms with Gasteiger partial charge in [-0.15, -0.1) is 0 Å². The number of carbonyl (C=O) groups excluding carboxylic acids is 4. The minimum atomic E-state index is -5.40. The van der Waals surface area contributed by atoms with Crippen LogP contribution in [-0.4, -0.2) is 61.8 Å². The minimum Gasteiger partial charge on any atom is -0.508 e. The molecule has 0 amide bonds. The SMILES string of the molecule is CCCCC1(O)C=CC(C(=O)S(=O)(=O)C(=O)C2=C(C(=O)c3ccc(O)cc3)CC(O)(CCCC)C=C2)=C(C(=O)c2ccc(O)cc2)C1. The van der Waals surface area contributed by atoms with Crippen molar-refractivity contribution < 1.29 is 48.0 Å². The fourth-order valence-corrected chi connectivity index (χ4v) is 6.77. The van der Waals surface area contributed by atoms with Gasteiger partial charge in [-0.1, -0.05) is 63.8 Å². The van der Waals surface area contributed by atoms with Crippen LogP contribution >= 0.6 is 0 Å². The average molecular weight is 663 g/mol. The van der Waals surface area contributed by atoms with Crippen LogP contribution in [0, 0.1) is 0 Å². The summed E-state index contributed by atoms with van der Waals surface area (Å²) in [6.07, 6.45) is 6.81. The highest BCUT2D eigenvalue weighted by molar-refractivity contribution is 8.19. The first kappa shape index (κ1) is 35.4. The van der Waals surface area contributed by atoms with E-state index in [1.165, 1.54) is 60.7 Å². The van der Waals surface area contributed by atoms with Crippen molar-refractivity contribution in [2.75, 3.05) is 0 Å². The van der Waals surface area contributed by atoms with Gasteiger partial charge in [0, 0.05) is 46.3 Å².